The molecule has 0 unspecified atom stereocenters. The van der Waals surface area contributed by atoms with Gasteiger partial charge in [0.1, 0.15) is 5.58 Å². The maximum Gasteiger partial charge on any atom is 0.291 e. The van der Waals surface area contributed by atoms with E-state index in [0.29, 0.717) is 16.7 Å². The second-order valence-corrected chi connectivity index (χ2v) is 10.4. The molecule has 9 heteroatoms. The molecule has 1 amide bonds. The number of benzene rings is 2. The number of ether oxygens (including phenoxy) is 1. The lowest BCUT2D eigenvalue weighted by Gasteiger charge is -2.34. The van der Waals surface area contributed by atoms with Crippen molar-refractivity contribution in [2.75, 3.05) is 18.4 Å². The van der Waals surface area contributed by atoms with Crippen LogP contribution in [0.4, 0.5) is 5.69 Å². The van der Waals surface area contributed by atoms with Gasteiger partial charge < -0.3 is 14.5 Å². The van der Waals surface area contributed by atoms with Crippen LogP contribution in [0, 0.1) is 13.8 Å². The summed E-state index contributed by atoms with van der Waals surface area (Å²) >= 11 is 0. The molecule has 8 nitrogen and oxygen atoms in total. The van der Waals surface area contributed by atoms with Crippen molar-refractivity contribution in [3.05, 3.63) is 69.6 Å². The summed E-state index contributed by atoms with van der Waals surface area (Å²) in [5.41, 5.74) is 2.13. The minimum absolute atomic E-state index is 0.120. The lowest BCUT2D eigenvalue weighted by molar-refractivity contribution is -0.0440. The Morgan fingerprint density at radius 1 is 1.03 bits per heavy atom. The van der Waals surface area contributed by atoms with Gasteiger partial charge >= 0.3 is 0 Å². The highest BCUT2D eigenvalue weighted by Crippen LogP contribution is 2.23. The van der Waals surface area contributed by atoms with Crippen LogP contribution in [0.5, 0.6) is 0 Å². The van der Waals surface area contributed by atoms with Crippen LogP contribution in [0.15, 0.2) is 56.6 Å². The average Bonchev–Trinajstić information content (AvgIpc) is 2.72. The van der Waals surface area contributed by atoms with E-state index in [0.717, 1.165) is 11.1 Å². The van der Waals surface area contributed by atoms with Gasteiger partial charge in [0.15, 0.2) is 11.2 Å². The van der Waals surface area contributed by atoms with Gasteiger partial charge in [-0.25, -0.2) is 8.42 Å². The lowest BCUT2D eigenvalue weighted by Crippen LogP contribution is -2.48. The Bertz CT molecular complexity index is 1370. The first-order chi connectivity index (χ1) is 15.5. The molecule has 1 N–H and O–H groups in total. The van der Waals surface area contributed by atoms with Crippen LogP contribution >= 0.6 is 0 Å². The number of nitrogens with zero attached hydrogens (tertiary/aromatic N) is 1. The first kappa shape index (κ1) is 23.2. The second kappa shape index (κ2) is 8.74. The Morgan fingerprint density at radius 3 is 2.30 bits per heavy atom. The molecule has 1 saturated heterocycles. The third kappa shape index (κ3) is 4.71. The van der Waals surface area contributed by atoms with Gasteiger partial charge in [0.05, 0.1) is 22.5 Å². The fourth-order valence-electron chi connectivity index (χ4n) is 4.15. The molecule has 2 atom stereocenters. The number of sulfonamides is 1. The molecule has 3 aromatic rings. The minimum Gasteiger partial charge on any atom is -0.451 e. The highest BCUT2D eigenvalue weighted by Gasteiger charge is 2.32. The average molecular weight is 471 g/mol. The van der Waals surface area contributed by atoms with Crippen LogP contribution < -0.4 is 10.7 Å². The standard InChI is InChI=1S/C24H26N2O6S/c1-14-9-15(2)23-20(27)11-22(32-21(23)10-14)24(28)25-18-5-7-19(8-6-18)33(29,30)26-12-16(3)31-17(4)13-26/h5-11,16-17H,12-13H2,1-4H3,(H,25,28)/t16-,17-/m1/s1. The molecule has 1 aliphatic rings. The van der Waals surface area contributed by atoms with Crippen molar-refractivity contribution in [3.8, 4) is 0 Å². The van der Waals surface area contributed by atoms with Crippen LogP contribution in [-0.4, -0.2) is 43.9 Å². The summed E-state index contributed by atoms with van der Waals surface area (Å²) in [6.07, 6.45) is -0.377. The van der Waals surface area contributed by atoms with E-state index in [4.69, 9.17) is 9.15 Å². The van der Waals surface area contributed by atoms with E-state index >= 15 is 0 Å². The molecule has 1 aliphatic heterocycles. The van der Waals surface area contributed by atoms with Gasteiger partial charge in [0.25, 0.3) is 5.91 Å². The summed E-state index contributed by atoms with van der Waals surface area (Å²) in [7, 11) is -3.68. The van der Waals surface area contributed by atoms with E-state index < -0.39 is 15.9 Å². The van der Waals surface area contributed by atoms with E-state index in [1.165, 1.54) is 34.6 Å². The maximum absolute atomic E-state index is 13.0. The molecule has 1 fully saturated rings. The third-order valence-corrected chi connectivity index (χ3v) is 7.38. The quantitative estimate of drug-likeness (QED) is 0.626. The summed E-state index contributed by atoms with van der Waals surface area (Å²) in [6.45, 7) is 7.94. The molecule has 0 aliphatic carbocycles. The highest BCUT2D eigenvalue weighted by atomic mass is 32.2. The second-order valence-electron chi connectivity index (χ2n) is 8.49. The number of rotatable bonds is 4. The van der Waals surface area contributed by atoms with Crippen molar-refractivity contribution in [3.63, 3.8) is 0 Å². The fourth-order valence-corrected chi connectivity index (χ4v) is 5.75. The normalized spacial score (nSPS) is 19.5. The van der Waals surface area contributed by atoms with Crippen LogP contribution in [0.3, 0.4) is 0 Å². The monoisotopic (exact) mass is 470 g/mol. The zero-order chi connectivity index (χ0) is 23.9. The molecular weight excluding hydrogens is 444 g/mol. The zero-order valence-corrected chi connectivity index (χ0v) is 19.7. The van der Waals surface area contributed by atoms with Crippen LogP contribution in [0.1, 0.15) is 35.5 Å². The van der Waals surface area contributed by atoms with Crippen molar-refractivity contribution in [2.24, 2.45) is 0 Å². The molecule has 1 aromatic heterocycles. The molecule has 33 heavy (non-hydrogen) atoms. The molecule has 2 heterocycles. The largest absolute Gasteiger partial charge is 0.451 e. The summed E-state index contributed by atoms with van der Waals surface area (Å²) in [4.78, 5) is 25.3. The molecule has 0 radical (unpaired) electrons. The number of hydrogen-bond donors (Lipinski definition) is 1. The minimum atomic E-state index is -3.68. The first-order valence-electron chi connectivity index (χ1n) is 10.7. The smallest absolute Gasteiger partial charge is 0.291 e. The summed E-state index contributed by atoms with van der Waals surface area (Å²) < 4.78 is 38.7. The van der Waals surface area contributed by atoms with Crippen LogP contribution in [0.2, 0.25) is 0 Å². The number of anilines is 1. The summed E-state index contributed by atoms with van der Waals surface area (Å²) in [5.74, 6) is -0.718. The van der Waals surface area contributed by atoms with Gasteiger partial charge in [0.2, 0.25) is 10.0 Å². The van der Waals surface area contributed by atoms with Crippen molar-refractivity contribution in [1.82, 2.24) is 4.31 Å². The van der Waals surface area contributed by atoms with Crippen molar-refractivity contribution < 1.29 is 22.4 Å². The molecular formula is C24H26N2O6S. The maximum atomic E-state index is 13.0. The number of aryl methyl sites for hydroxylation is 2. The Balaban J connectivity index is 1.55. The lowest BCUT2D eigenvalue weighted by atomic mass is 10.1. The van der Waals surface area contributed by atoms with Gasteiger partial charge in [-0.05, 0) is 69.2 Å². The number of fused-ring (bicyclic) bond motifs is 1. The van der Waals surface area contributed by atoms with E-state index in [-0.39, 0.29) is 41.4 Å². The SMILES string of the molecule is Cc1cc(C)c2c(=O)cc(C(=O)Nc3ccc(S(=O)(=O)N4C[C@@H](C)O[C@H](C)C4)cc3)oc2c1. The predicted molar refractivity (Wildman–Crippen MR) is 125 cm³/mol. The van der Waals surface area contributed by atoms with Crippen molar-refractivity contribution in [1.29, 1.82) is 0 Å². The van der Waals surface area contributed by atoms with Gasteiger partial charge in [-0.15, -0.1) is 0 Å². The molecule has 4 rings (SSSR count). The Hall–Kier alpha value is -3.01. The van der Waals surface area contributed by atoms with Crippen LogP contribution in [-0.2, 0) is 14.8 Å². The summed E-state index contributed by atoms with van der Waals surface area (Å²) in [5, 5.41) is 3.09. The molecule has 0 spiro atoms. The number of hydrogen-bond acceptors (Lipinski definition) is 6. The third-order valence-electron chi connectivity index (χ3n) is 5.53. The topological polar surface area (TPSA) is 106 Å². The molecule has 2 aromatic carbocycles. The van der Waals surface area contributed by atoms with Gasteiger partial charge in [0, 0.05) is 24.8 Å². The zero-order valence-electron chi connectivity index (χ0n) is 18.9. The molecule has 0 bridgehead atoms. The van der Waals surface area contributed by atoms with E-state index in [1.54, 1.807) is 6.07 Å². The van der Waals surface area contributed by atoms with Crippen molar-refractivity contribution >= 4 is 32.6 Å². The number of carbonyl (C=O) groups excluding carboxylic acids is 1. The van der Waals surface area contributed by atoms with Gasteiger partial charge in [-0.2, -0.15) is 4.31 Å². The molecule has 174 valence electrons. The Morgan fingerprint density at radius 2 is 1.67 bits per heavy atom. The Kier molecular flexibility index (Phi) is 6.13. The predicted octanol–water partition coefficient (Wildman–Crippen LogP) is 3.46. The number of nitrogens with one attached hydrogen (secondary N) is 1. The van der Waals surface area contributed by atoms with E-state index in [9.17, 15) is 18.0 Å². The van der Waals surface area contributed by atoms with Gasteiger partial charge in [-0.3, -0.25) is 9.59 Å². The van der Waals surface area contributed by atoms with E-state index in [1.807, 2.05) is 33.8 Å². The van der Waals surface area contributed by atoms with E-state index in [2.05, 4.69) is 5.32 Å². The Labute approximate surface area is 192 Å². The first-order valence-corrected chi connectivity index (χ1v) is 12.1. The number of morpholine rings is 1. The number of carbonyl (C=O) groups is 1. The molecule has 0 saturated carbocycles. The number of amides is 1. The fraction of sp³-hybridized carbons (Fsp3) is 0.333. The highest BCUT2D eigenvalue weighted by molar-refractivity contribution is 7.89. The summed E-state index contributed by atoms with van der Waals surface area (Å²) in [6, 6.07) is 10.7. The van der Waals surface area contributed by atoms with Crippen LogP contribution in [0.25, 0.3) is 11.0 Å². The van der Waals surface area contributed by atoms with Crippen molar-refractivity contribution in [2.45, 2.75) is 44.8 Å². The van der Waals surface area contributed by atoms with Gasteiger partial charge in [-0.1, -0.05) is 6.07 Å².